The van der Waals surface area contributed by atoms with Crippen LogP contribution in [-0.2, 0) is 26.3 Å². The Morgan fingerprint density at radius 1 is 0.968 bits per heavy atom. The molecule has 0 aromatic heterocycles. The van der Waals surface area contributed by atoms with E-state index in [9.17, 15) is 9.59 Å². The summed E-state index contributed by atoms with van der Waals surface area (Å²) in [7, 11) is 3.38. The maximum atomic E-state index is 12.8. The van der Waals surface area contributed by atoms with Crippen LogP contribution in [0.15, 0.2) is 66.7 Å². The standard InChI is InChI=1S/C26H27NO4/c1-27(17-19-9-10-21-16-23(30-2)12-11-20(21)15-19)24(28)18-31-25(29)26(13-6-14-26)22-7-4-3-5-8-22/h3-5,7-12,15-16H,6,13-14,17-18H2,1-2H3. The summed E-state index contributed by atoms with van der Waals surface area (Å²) in [6.07, 6.45) is 2.52. The second kappa shape index (κ2) is 8.80. The van der Waals surface area contributed by atoms with Crippen molar-refractivity contribution in [2.24, 2.45) is 0 Å². The first-order valence-electron chi connectivity index (χ1n) is 10.6. The molecule has 5 nitrogen and oxygen atoms in total. The fraction of sp³-hybridized carbons (Fsp3) is 0.308. The molecule has 31 heavy (non-hydrogen) atoms. The maximum Gasteiger partial charge on any atom is 0.317 e. The van der Waals surface area contributed by atoms with E-state index in [2.05, 4.69) is 6.07 Å². The number of hydrogen-bond acceptors (Lipinski definition) is 4. The van der Waals surface area contributed by atoms with Crippen LogP contribution in [0.25, 0.3) is 10.8 Å². The van der Waals surface area contributed by atoms with Crippen LogP contribution in [0.4, 0.5) is 0 Å². The van der Waals surface area contributed by atoms with Crippen molar-refractivity contribution >= 4 is 22.6 Å². The summed E-state index contributed by atoms with van der Waals surface area (Å²) in [6.45, 7) is 0.205. The van der Waals surface area contributed by atoms with Gasteiger partial charge in [0.05, 0.1) is 12.5 Å². The molecule has 4 rings (SSSR count). The fourth-order valence-electron chi connectivity index (χ4n) is 4.13. The number of carbonyl (C=O) groups excluding carboxylic acids is 2. The van der Waals surface area contributed by atoms with E-state index in [4.69, 9.17) is 9.47 Å². The van der Waals surface area contributed by atoms with Crippen LogP contribution < -0.4 is 4.74 Å². The summed E-state index contributed by atoms with van der Waals surface area (Å²) in [5.74, 6) is 0.297. The van der Waals surface area contributed by atoms with E-state index in [0.29, 0.717) is 6.54 Å². The largest absolute Gasteiger partial charge is 0.497 e. The first-order chi connectivity index (χ1) is 15.0. The number of hydrogen-bond donors (Lipinski definition) is 0. The number of amides is 1. The van der Waals surface area contributed by atoms with Gasteiger partial charge in [-0.25, -0.2) is 0 Å². The molecule has 1 aliphatic rings. The number of esters is 1. The average Bonchev–Trinajstić information content (AvgIpc) is 2.77. The Kier molecular flexibility index (Phi) is 5.94. The van der Waals surface area contributed by atoms with Gasteiger partial charge in [-0.3, -0.25) is 9.59 Å². The van der Waals surface area contributed by atoms with Crippen molar-refractivity contribution in [2.75, 3.05) is 20.8 Å². The van der Waals surface area contributed by atoms with Crippen molar-refractivity contribution in [3.8, 4) is 5.75 Å². The molecule has 1 saturated carbocycles. The summed E-state index contributed by atoms with van der Waals surface area (Å²) in [6, 6.07) is 21.7. The molecule has 0 saturated heterocycles. The minimum atomic E-state index is -0.598. The molecular weight excluding hydrogens is 390 g/mol. The molecule has 1 fully saturated rings. The van der Waals surface area contributed by atoms with Crippen LogP contribution in [0, 0.1) is 0 Å². The Labute approximate surface area is 182 Å². The number of rotatable bonds is 7. The molecule has 3 aromatic carbocycles. The van der Waals surface area contributed by atoms with Crippen molar-refractivity contribution < 1.29 is 19.1 Å². The second-order valence-electron chi connectivity index (χ2n) is 8.18. The Morgan fingerprint density at radius 2 is 1.68 bits per heavy atom. The van der Waals surface area contributed by atoms with Crippen molar-refractivity contribution in [3.63, 3.8) is 0 Å². The van der Waals surface area contributed by atoms with Gasteiger partial charge in [-0.2, -0.15) is 0 Å². The zero-order valence-corrected chi connectivity index (χ0v) is 18.0. The number of nitrogens with zero attached hydrogens (tertiary/aromatic N) is 1. The Balaban J connectivity index is 1.36. The predicted molar refractivity (Wildman–Crippen MR) is 120 cm³/mol. The molecule has 0 radical (unpaired) electrons. The minimum absolute atomic E-state index is 0.217. The number of methoxy groups -OCH3 is 1. The van der Waals surface area contributed by atoms with Gasteiger partial charge in [0.2, 0.25) is 0 Å². The number of carbonyl (C=O) groups is 2. The summed E-state index contributed by atoms with van der Waals surface area (Å²) < 4.78 is 10.7. The Morgan fingerprint density at radius 3 is 2.35 bits per heavy atom. The second-order valence-corrected chi connectivity index (χ2v) is 8.18. The normalized spacial score (nSPS) is 14.5. The third-order valence-corrected chi connectivity index (χ3v) is 6.21. The van der Waals surface area contributed by atoms with E-state index in [-0.39, 0.29) is 18.5 Å². The third-order valence-electron chi connectivity index (χ3n) is 6.21. The summed E-state index contributed by atoms with van der Waals surface area (Å²) in [5, 5.41) is 2.16. The number of fused-ring (bicyclic) bond motifs is 1. The van der Waals surface area contributed by atoms with Gasteiger partial charge >= 0.3 is 5.97 Å². The highest BCUT2D eigenvalue weighted by molar-refractivity contribution is 5.87. The number of benzene rings is 3. The molecule has 0 unspecified atom stereocenters. The van der Waals surface area contributed by atoms with Crippen molar-refractivity contribution in [2.45, 2.75) is 31.2 Å². The van der Waals surface area contributed by atoms with Gasteiger partial charge in [0, 0.05) is 13.6 Å². The van der Waals surface area contributed by atoms with Gasteiger partial charge in [-0.1, -0.05) is 55.0 Å². The van der Waals surface area contributed by atoms with E-state index in [1.165, 1.54) is 0 Å². The third kappa shape index (κ3) is 4.26. The molecule has 160 valence electrons. The summed E-state index contributed by atoms with van der Waals surface area (Å²) >= 11 is 0. The SMILES string of the molecule is COc1ccc2cc(CN(C)C(=O)COC(=O)C3(c4ccccc4)CCC3)ccc2c1. The summed E-state index contributed by atoms with van der Waals surface area (Å²) in [5.41, 5.74) is 1.39. The lowest BCUT2D eigenvalue weighted by molar-refractivity contribution is -0.160. The first kappa shape index (κ1) is 20.9. The predicted octanol–water partition coefficient (Wildman–Crippen LogP) is 4.47. The zero-order valence-electron chi connectivity index (χ0n) is 18.0. The Bertz CT molecular complexity index is 1090. The number of ether oxygens (including phenoxy) is 2. The van der Waals surface area contributed by atoms with Gasteiger partial charge < -0.3 is 14.4 Å². The van der Waals surface area contributed by atoms with E-state index >= 15 is 0 Å². The van der Waals surface area contributed by atoms with Crippen molar-refractivity contribution in [1.29, 1.82) is 0 Å². The van der Waals surface area contributed by atoms with Crippen LogP contribution in [-0.4, -0.2) is 37.5 Å². The van der Waals surface area contributed by atoms with Crippen molar-refractivity contribution in [1.82, 2.24) is 4.90 Å². The molecule has 0 aliphatic heterocycles. The highest BCUT2D eigenvalue weighted by atomic mass is 16.5. The van der Waals surface area contributed by atoms with Gasteiger partial charge in [-0.15, -0.1) is 0 Å². The monoisotopic (exact) mass is 417 g/mol. The lowest BCUT2D eigenvalue weighted by Crippen LogP contribution is -2.45. The molecular formula is C26H27NO4. The van der Waals surface area contributed by atoms with E-state index in [0.717, 1.165) is 46.9 Å². The molecule has 0 heterocycles. The number of likely N-dealkylation sites (N-methyl/N-ethyl adjacent to an activating group) is 1. The van der Waals surface area contributed by atoms with E-state index in [1.54, 1.807) is 19.1 Å². The lowest BCUT2D eigenvalue weighted by atomic mass is 9.64. The Hall–Kier alpha value is -3.34. The van der Waals surface area contributed by atoms with E-state index in [1.807, 2.05) is 60.7 Å². The van der Waals surface area contributed by atoms with Crippen LogP contribution in [0.5, 0.6) is 5.75 Å². The smallest absolute Gasteiger partial charge is 0.317 e. The van der Waals surface area contributed by atoms with Crippen molar-refractivity contribution in [3.05, 3.63) is 77.9 Å². The molecule has 0 bridgehead atoms. The first-order valence-corrected chi connectivity index (χ1v) is 10.6. The molecule has 1 aliphatic carbocycles. The topological polar surface area (TPSA) is 55.8 Å². The van der Waals surface area contributed by atoms with Gasteiger partial charge in [-0.05, 0) is 52.9 Å². The van der Waals surface area contributed by atoms with Gasteiger partial charge in [0.1, 0.15) is 5.75 Å². The molecule has 1 amide bonds. The minimum Gasteiger partial charge on any atom is -0.497 e. The van der Waals surface area contributed by atoms with Crippen LogP contribution >= 0.6 is 0 Å². The summed E-state index contributed by atoms with van der Waals surface area (Å²) in [4.78, 5) is 27.0. The maximum absolute atomic E-state index is 12.8. The van der Waals surface area contributed by atoms with Gasteiger partial charge in [0.25, 0.3) is 5.91 Å². The molecule has 0 spiro atoms. The van der Waals surface area contributed by atoms with Crippen LogP contribution in [0.2, 0.25) is 0 Å². The highest BCUT2D eigenvalue weighted by Crippen LogP contribution is 2.44. The van der Waals surface area contributed by atoms with Crippen LogP contribution in [0.3, 0.4) is 0 Å². The van der Waals surface area contributed by atoms with Crippen LogP contribution in [0.1, 0.15) is 30.4 Å². The van der Waals surface area contributed by atoms with Gasteiger partial charge in [0.15, 0.2) is 6.61 Å². The average molecular weight is 418 g/mol. The molecule has 0 N–H and O–H groups in total. The quantitative estimate of drug-likeness (QED) is 0.532. The lowest BCUT2D eigenvalue weighted by Gasteiger charge is -2.39. The fourth-order valence-corrected chi connectivity index (χ4v) is 4.13. The highest BCUT2D eigenvalue weighted by Gasteiger charge is 2.47. The molecule has 0 atom stereocenters. The van der Waals surface area contributed by atoms with E-state index < -0.39 is 5.41 Å². The zero-order chi connectivity index (χ0) is 21.8. The molecule has 3 aromatic rings. The molecule has 5 heteroatoms.